The van der Waals surface area contributed by atoms with Gasteiger partial charge in [-0.3, -0.25) is 23.3 Å². The first-order valence-corrected chi connectivity index (χ1v) is 23.5. The highest BCUT2D eigenvalue weighted by atomic mass is 31.2. The van der Waals surface area contributed by atoms with E-state index in [1.807, 2.05) is 0 Å². The monoisotopic (exact) mass is 929 g/mol. The number of para-hydroxylation sites is 2. The number of aromatic nitrogens is 10. The van der Waals surface area contributed by atoms with Gasteiger partial charge in [0.15, 0.2) is 29.7 Å². The maximum Gasteiger partial charge on any atom is 0.342 e. The zero-order valence-corrected chi connectivity index (χ0v) is 36.9. The summed E-state index contributed by atoms with van der Waals surface area (Å²) in [5, 5.41) is 16.9. The molecule has 5 unspecified atom stereocenters. The van der Waals surface area contributed by atoms with Gasteiger partial charge in [-0.25, -0.2) is 15.0 Å². The van der Waals surface area contributed by atoms with Gasteiger partial charge in [-0.05, 0) is 48.5 Å². The summed E-state index contributed by atoms with van der Waals surface area (Å²) < 4.78 is 77.3. The van der Waals surface area contributed by atoms with Gasteiger partial charge in [0, 0.05) is 13.8 Å². The Hall–Kier alpha value is -5.65. The summed E-state index contributed by atoms with van der Waals surface area (Å²) in [5.74, 6) is -2.63. The van der Waals surface area contributed by atoms with E-state index < -0.39 is 95.2 Å². The fraction of sp³-hybridized carbons (Fsp3) is 0.486. The van der Waals surface area contributed by atoms with Gasteiger partial charge < -0.3 is 52.5 Å². The first kappa shape index (κ1) is 44.9. The Morgan fingerprint density at radius 1 is 0.734 bits per heavy atom. The molecule has 0 aliphatic carbocycles. The molecule has 2 aliphatic rings. The number of esters is 2. The van der Waals surface area contributed by atoms with Gasteiger partial charge >= 0.3 is 27.1 Å². The van der Waals surface area contributed by atoms with Crippen molar-refractivity contribution >= 4 is 66.2 Å². The number of hydrogen-bond acceptors (Lipinski definition) is 22. The van der Waals surface area contributed by atoms with Crippen LogP contribution in [0.4, 0.5) is 5.82 Å². The quantitative estimate of drug-likeness (QED) is 0.0901. The molecule has 0 bridgehead atoms. The maximum atomic E-state index is 14.7. The van der Waals surface area contributed by atoms with Crippen molar-refractivity contribution in [2.75, 3.05) is 38.1 Å². The standard InChI is InChI=1S/C37H45N11O14P2/c1-6-53-63(51,55-16-28-31(57-22(4)49)21(3)37(60-28)58-23(5)50)20-64(52,54-7-2)56-17-29-32(61-47-26-14-10-8-12-24(26)42-44-47)33(62-48-27-15-11-9-13-25(27)43-45-48)36(59-29)46-19-41-30-34(38)39-18-40-35(30)46/h8-15,18-19,21,28-29,31-33,36-37H,6-7,16-17,20H2,1-5H3,(H2,38,39,40)/t21?,28-,29-,31?,32+,33?,36-,37-,63?,64?/m1/s1. The third kappa shape index (κ3) is 9.42. The largest absolute Gasteiger partial charge is 0.459 e. The number of carbonyl (C=O) groups is 2. The van der Waals surface area contributed by atoms with Crippen LogP contribution in [0.15, 0.2) is 61.2 Å². The third-order valence-electron chi connectivity index (χ3n) is 10.1. The van der Waals surface area contributed by atoms with E-state index in [9.17, 15) is 18.7 Å². The van der Waals surface area contributed by atoms with Crippen LogP contribution in [0.5, 0.6) is 0 Å². The highest BCUT2D eigenvalue weighted by Gasteiger charge is 2.53. The van der Waals surface area contributed by atoms with E-state index in [1.54, 1.807) is 73.9 Å². The van der Waals surface area contributed by atoms with Crippen LogP contribution in [-0.4, -0.2) is 131 Å². The van der Waals surface area contributed by atoms with Crippen LogP contribution in [0.1, 0.15) is 40.8 Å². The number of imidazole rings is 1. The number of anilines is 1. The summed E-state index contributed by atoms with van der Waals surface area (Å²) in [5.41, 5.74) is 8.78. The van der Waals surface area contributed by atoms with Crippen LogP contribution in [0, 0.1) is 5.92 Å². The molecule has 6 aromatic rings. The second-order valence-corrected chi connectivity index (χ2v) is 19.2. The van der Waals surface area contributed by atoms with Gasteiger partial charge in [0.2, 0.25) is 12.4 Å². The lowest BCUT2D eigenvalue weighted by molar-refractivity contribution is -0.180. The summed E-state index contributed by atoms with van der Waals surface area (Å²) in [6.45, 7) is 5.91. The molecule has 0 spiro atoms. The summed E-state index contributed by atoms with van der Waals surface area (Å²) in [4.78, 5) is 52.2. The number of rotatable bonds is 19. The van der Waals surface area contributed by atoms with Crippen molar-refractivity contribution in [3.05, 3.63) is 61.2 Å². The van der Waals surface area contributed by atoms with Crippen molar-refractivity contribution < 1.29 is 65.4 Å². The van der Waals surface area contributed by atoms with Gasteiger partial charge in [0.05, 0.1) is 38.7 Å². The van der Waals surface area contributed by atoms with E-state index >= 15 is 0 Å². The molecule has 0 amide bonds. The van der Waals surface area contributed by atoms with E-state index in [-0.39, 0.29) is 30.2 Å². The summed E-state index contributed by atoms with van der Waals surface area (Å²) >= 11 is 0. The van der Waals surface area contributed by atoms with Gasteiger partial charge in [0.1, 0.15) is 52.2 Å². The Balaban J connectivity index is 1.11. The molecule has 10 atom stereocenters. The smallest absolute Gasteiger partial charge is 0.342 e. The van der Waals surface area contributed by atoms with Crippen molar-refractivity contribution in [1.82, 2.24) is 49.8 Å². The minimum Gasteiger partial charge on any atom is -0.459 e. The molecule has 4 aromatic heterocycles. The van der Waals surface area contributed by atoms with Gasteiger partial charge in [-0.2, -0.15) is 0 Å². The number of hydrogen-bond donors (Lipinski definition) is 1. The third-order valence-corrected chi connectivity index (χ3v) is 15.3. The molecule has 2 saturated heterocycles. The van der Waals surface area contributed by atoms with Gasteiger partial charge in [-0.15, -0.1) is 10.2 Å². The molecule has 64 heavy (non-hydrogen) atoms. The van der Waals surface area contributed by atoms with Crippen molar-refractivity contribution in [2.45, 2.75) is 77.7 Å². The number of benzene rings is 2. The number of nitrogens with zero attached hydrogens (tertiary/aromatic N) is 10. The predicted octanol–water partition coefficient (Wildman–Crippen LogP) is 3.10. The van der Waals surface area contributed by atoms with Crippen LogP contribution in [-0.2, 0) is 55.8 Å². The van der Waals surface area contributed by atoms with Crippen LogP contribution in [0.3, 0.4) is 0 Å². The lowest BCUT2D eigenvalue weighted by Crippen LogP contribution is -2.48. The molecular weight excluding hydrogens is 884 g/mol. The molecule has 8 rings (SSSR count). The Morgan fingerprint density at radius 2 is 1.30 bits per heavy atom. The van der Waals surface area contributed by atoms with E-state index in [0.717, 1.165) is 0 Å². The van der Waals surface area contributed by atoms with E-state index in [1.165, 1.54) is 36.2 Å². The van der Waals surface area contributed by atoms with Crippen molar-refractivity contribution in [3.63, 3.8) is 0 Å². The Morgan fingerprint density at radius 3 is 1.88 bits per heavy atom. The molecule has 2 aromatic carbocycles. The van der Waals surface area contributed by atoms with E-state index in [4.69, 9.17) is 52.5 Å². The zero-order chi connectivity index (χ0) is 45.2. The Kier molecular flexibility index (Phi) is 13.2. The Bertz CT molecular complexity index is 2720. The number of nitrogens with two attached hydrogens (primary N) is 1. The van der Waals surface area contributed by atoms with Crippen molar-refractivity contribution in [3.8, 4) is 0 Å². The van der Waals surface area contributed by atoms with E-state index in [0.29, 0.717) is 22.1 Å². The summed E-state index contributed by atoms with van der Waals surface area (Å²) in [7, 11) is -8.82. The van der Waals surface area contributed by atoms with Gasteiger partial charge in [0.25, 0.3) is 0 Å². The second-order valence-electron chi connectivity index (χ2n) is 14.6. The molecule has 25 nitrogen and oxygen atoms in total. The van der Waals surface area contributed by atoms with Crippen LogP contribution < -0.4 is 15.4 Å². The molecule has 6 heterocycles. The minimum atomic E-state index is -4.44. The second kappa shape index (κ2) is 18.8. The summed E-state index contributed by atoms with van der Waals surface area (Å²) in [6.07, 6.45) is -5.06. The highest BCUT2D eigenvalue weighted by molar-refractivity contribution is 7.71. The van der Waals surface area contributed by atoms with Gasteiger partial charge in [-0.1, -0.05) is 40.9 Å². The lowest BCUT2D eigenvalue weighted by Gasteiger charge is -2.27. The van der Waals surface area contributed by atoms with Crippen LogP contribution >= 0.6 is 15.2 Å². The Labute approximate surface area is 363 Å². The molecule has 0 radical (unpaired) electrons. The predicted molar refractivity (Wildman–Crippen MR) is 220 cm³/mol. The zero-order valence-electron chi connectivity index (χ0n) is 35.1. The highest BCUT2D eigenvalue weighted by Crippen LogP contribution is 2.64. The fourth-order valence-electron chi connectivity index (χ4n) is 7.34. The molecule has 27 heteroatoms. The normalized spacial score (nSPS) is 25.3. The average Bonchev–Trinajstić information content (AvgIpc) is 4.09. The maximum absolute atomic E-state index is 14.7. The van der Waals surface area contributed by atoms with Crippen molar-refractivity contribution in [2.24, 2.45) is 5.92 Å². The topological polar surface area (TPSA) is 292 Å². The molecule has 2 N–H and O–H groups in total. The minimum absolute atomic E-state index is 0.113. The van der Waals surface area contributed by atoms with E-state index in [2.05, 4.69) is 35.6 Å². The first-order valence-electron chi connectivity index (χ1n) is 20.1. The van der Waals surface area contributed by atoms with Crippen molar-refractivity contribution in [1.29, 1.82) is 0 Å². The average molecular weight is 930 g/mol. The van der Waals surface area contributed by atoms with Crippen LogP contribution in [0.2, 0.25) is 0 Å². The molecule has 2 aliphatic heterocycles. The molecular formula is C37H45N11O14P2. The SMILES string of the molecule is CCOP(=O)(CP(=O)(OCC)OC[C@H]1O[C@@H](n2cnc3c(N)ncnc32)C(On2nnc3ccccc32)[C@H]1On1nnc2ccccc21)OC[C@H]1O[C@@H](OC(C)=O)C(C)C1OC(C)=O. The number of nitrogen functional groups attached to an aromatic ring is 1. The number of ether oxygens (including phenoxy) is 4. The first-order chi connectivity index (χ1) is 30.8. The lowest BCUT2D eigenvalue weighted by atomic mass is 10.0. The molecule has 2 fully saturated rings. The molecule has 342 valence electrons. The fourth-order valence-corrected chi connectivity index (χ4v) is 12.0. The number of fused-ring (bicyclic) bond motifs is 3. The summed E-state index contributed by atoms with van der Waals surface area (Å²) in [6, 6.07) is 14.2. The molecule has 0 saturated carbocycles. The number of carbonyl (C=O) groups excluding carboxylic acids is 2. The van der Waals surface area contributed by atoms with Crippen LogP contribution in [0.25, 0.3) is 33.2 Å².